The van der Waals surface area contributed by atoms with Gasteiger partial charge < -0.3 is 9.47 Å². The van der Waals surface area contributed by atoms with Gasteiger partial charge in [-0.2, -0.15) is 0 Å². The van der Waals surface area contributed by atoms with Crippen LogP contribution in [0, 0.1) is 5.82 Å². The first-order valence-electron chi connectivity index (χ1n) is 6.45. The third-order valence-electron chi connectivity index (χ3n) is 3.20. The lowest BCUT2D eigenvalue weighted by Gasteiger charge is -2.18. The van der Waals surface area contributed by atoms with Crippen LogP contribution in [0.5, 0.6) is 5.75 Å². The fourth-order valence-electron chi connectivity index (χ4n) is 2.22. The lowest BCUT2D eigenvalue weighted by molar-refractivity contribution is -0.147. The van der Waals surface area contributed by atoms with Crippen molar-refractivity contribution in [2.75, 3.05) is 26.7 Å². The number of likely N-dealkylation sites (tertiary alicyclic amines) is 1. The molecule has 2 rings (SSSR count). The van der Waals surface area contributed by atoms with Gasteiger partial charge in [-0.1, -0.05) is 6.07 Å². The molecule has 0 unspecified atom stereocenters. The zero-order valence-corrected chi connectivity index (χ0v) is 11.2. The molecular weight excluding hydrogens is 268 g/mol. The number of esters is 1. The fraction of sp³-hybridized carbons (Fsp3) is 0.500. The number of nitrogens with zero attached hydrogens (tertiary/aromatic N) is 1. The number of rotatable bonds is 5. The molecule has 0 saturated carbocycles. The van der Waals surface area contributed by atoms with Crippen molar-refractivity contribution in [1.82, 2.24) is 4.90 Å². The van der Waals surface area contributed by atoms with Gasteiger partial charge in [0.05, 0.1) is 7.11 Å². The third-order valence-corrected chi connectivity index (χ3v) is 3.20. The molecule has 0 spiro atoms. The predicted molar refractivity (Wildman–Crippen MR) is 68.8 cm³/mol. The maximum Gasteiger partial charge on any atom is 0.341 e. The van der Waals surface area contributed by atoms with E-state index in [2.05, 4.69) is 4.74 Å². The highest BCUT2D eigenvalue weighted by atomic mass is 19.1. The Morgan fingerprint density at radius 1 is 1.55 bits per heavy atom. The maximum atomic E-state index is 13.4. The van der Waals surface area contributed by atoms with Crippen molar-refractivity contribution < 1.29 is 23.0 Å². The molecule has 0 bridgehead atoms. The van der Waals surface area contributed by atoms with Crippen LogP contribution >= 0.6 is 0 Å². The number of benzene rings is 1. The van der Waals surface area contributed by atoms with Gasteiger partial charge in [0.25, 0.3) is 0 Å². The van der Waals surface area contributed by atoms with Crippen LogP contribution in [-0.2, 0) is 9.53 Å². The van der Waals surface area contributed by atoms with Gasteiger partial charge in [-0.05, 0) is 18.6 Å². The van der Waals surface area contributed by atoms with Crippen LogP contribution < -0.4 is 4.74 Å². The topological polar surface area (TPSA) is 38.8 Å². The Balaban J connectivity index is 1.82. The molecule has 1 fully saturated rings. The first-order valence-corrected chi connectivity index (χ1v) is 6.45. The SMILES string of the molecule is COC(=O)[C@H](F)CN1CC[C@@H](Oc2cccc(F)c2)C1. The van der Waals surface area contributed by atoms with Gasteiger partial charge in [-0.25, -0.2) is 13.6 Å². The van der Waals surface area contributed by atoms with Crippen molar-refractivity contribution >= 4 is 5.97 Å². The van der Waals surface area contributed by atoms with Crippen molar-refractivity contribution in [1.29, 1.82) is 0 Å². The van der Waals surface area contributed by atoms with Gasteiger partial charge in [0.2, 0.25) is 6.17 Å². The largest absolute Gasteiger partial charge is 0.489 e. The smallest absolute Gasteiger partial charge is 0.341 e. The van der Waals surface area contributed by atoms with E-state index in [1.165, 1.54) is 12.1 Å². The van der Waals surface area contributed by atoms with Crippen molar-refractivity contribution in [3.8, 4) is 5.75 Å². The standard InChI is InChI=1S/C14H17F2NO3/c1-19-14(18)13(16)9-17-6-5-12(8-17)20-11-4-2-3-10(15)7-11/h2-4,7,12-13H,5-6,8-9H2,1H3/t12-,13-/m1/s1. The molecule has 20 heavy (non-hydrogen) atoms. The highest BCUT2D eigenvalue weighted by molar-refractivity contribution is 5.74. The van der Waals surface area contributed by atoms with E-state index >= 15 is 0 Å². The quantitative estimate of drug-likeness (QED) is 0.773. The van der Waals surface area contributed by atoms with Crippen LogP contribution in [-0.4, -0.2) is 49.9 Å². The zero-order chi connectivity index (χ0) is 14.5. The van der Waals surface area contributed by atoms with E-state index in [9.17, 15) is 13.6 Å². The molecule has 1 saturated heterocycles. The second kappa shape index (κ2) is 6.65. The number of hydrogen-bond acceptors (Lipinski definition) is 4. The average Bonchev–Trinajstić information content (AvgIpc) is 2.85. The van der Waals surface area contributed by atoms with Gasteiger partial charge in [0.15, 0.2) is 0 Å². The molecule has 1 aromatic rings. The van der Waals surface area contributed by atoms with Crippen molar-refractivity contribution in [3.63, 3.8) is 0 Å². The molecule has 0 aromatic heterocycles. The van der Waals surface area contributed by atoms with E-state index in [4.69, 9.17) is 4.74 Å². The third kappa shape index (κ3) is 3.90. The Morgan fingerprint density at radius 3 is 3.05 bits per heavy atom. The van der Waals surface area contributed by atoms with E-state index in [-0.39, 0.29) is 18.5 Å². The molecule has 0 N–H and O–H groups in total. The number of carbonyl (C=O) groups excluding carboxylic acids is 1. The number of halogens is 2. The van der Waals surface area contributed by atoms with Crippen molar-refractivity contribution in [2.24, 2.45) is 0 Å². The number of methoxy groups -OCH3 is 1. The summed E-state index contributed by atoms with van der Waals surface area (Å²) in [4.78, 5) is 12.8. The van der Waals surface area contributed by atoms with E-state index in [1.807, 2.05) is 0 Å². The molecule has 0 radical (unpaired) electrons. The summed E-state index contributed by atoms with van der Waals surface area (Å²) < 4.78 is 36.5. The van der Waals surface area contributed by atoms with Gasteiger partial charge >= 0.3 is 5.97 Å². The van der Waals surface area contributed by atoms with Crippen LogP contribution in [0.15, 0.2) is 24.3 Å². The lowest BCUT2D eigenvalue weighted by atomic mass is 10.3. The maximum absolute atomic E-state index is 13.4. The summed E-state index contributed by atoms with van der Waals surface area (Å²) in [6, 6.07) is 5.91. The van der Waals surface area contributed by atoms with E-state index in [0.717, 1.165) is 7.11 Å². The highest BCUT2D eigenvalue weighted by Gasteiger charge is 2.29. The Kier molecular flexibility index (Phi) is 4.89. The normalized spacial score (nSPS) is 20.6. The molecule has 110 valence electrons. The lowest BCUT2D eigenvalue weighted by Crippen LogP contribution is -2.34. The second-order valence-corrected chi connectivity index (χ2v) is 4.74. The summed E-state index contributed by atoms with van der Waals surface area (Å²) in [5.41, 5.74) is 0. The number of ether oxygens (including phenoxy) is 2. The Morgan fingerprint density at radius 2 is 2.35 bits per heavy atom. The molecule has 4 nitrogen and oxygen atoms in total. The second-order valence-electron chi connectivity index (χ2n) is 4.74. The first-order chi connectivity index (χ1) is 9.58. The van der Waals surface area contributed by atoms with Crippen LogP contribution in [0.2, 0.25) is 0 Å². The summed E-state index contributed by atoms with van der Waals surface area (Å²) >= 11 is 0. The van der Waals surface area contributed by atoms with Crippen LogP contribution in [0.4, 0.5) is 8.78 Å². The van der Waals surface area contributed by atoms with Crippen LogP contribution in [0.25, 0.3) is 0 Å². The minimum atomic E-state index is -1.65. The van der Waals surface area contributed by atoms with Crippen molar-refractivity contribution in [3.05, 3.63) is 30.1 Å². The fourth-order valence-corrected chi connectivity index (χ4v) is 2.22. The van der Waals surface area contributed by atoms with Crippen LogP contribution in [0.3, 0.4) is 0 Å². The van der Waals surface area contributed by atoms with Crippen LogP contribution in [0.1, 0.15) is 6.42 Å². The van der Waals surface area contributed by atoms with E-state index < -0.39 is 12.1 Å². The molecule has 6 heteroatoms. The first kappa shape index (κ1) is 14.7. The summed E-state index contributed by atoms with van der Waals surface area (Å²) in [5, 5.41) is 0. The number of hydrogen-bond donors (Lipinski definition) is 0. The molecule has 1 heterocycles. The molecule has 1 aliphatic heterocycles. The highest BCUT2D eigenvalue weighted by Crippen LogP contribution is 2.19. The molecule has 1 aromatic carbocycles. The summed E-state index contributed by atoms with van der Waals surface area (Å²) in [7, 11) is 1.16. The molecule has 0 amide bonds. The molecule has 1 aliphatic rings. The summed E-state index contributed by atoms with van der Waals surface area (Å²) in [5.74, 6) is -0.756. The monoisotopic (exact) mass is 285 g/mol. The predicted octanol–water partition coefficient (Wildman–Crippen LogP) is 1.79. The average molecular weight is 285 g/mol. The van der Waals surface area contributed by atoms with Crippen molar-refractivity contribution in [2.45, 2.75) is 18.7 Å². The molecule has 0 aliphatic carbocycles. The summed E-state index contributed by atoms with van der Waals surface area (Å²) in [6.45, 7) is 1.14. The Hall–Kier alpha value is -1.69. The number of carbonyl (C=O) groups is 1. The summed E-state index contributed by atoms with van der Waals surface area (Å²) in [6.07, 6.45) is -1.06. The Labute approximate surface area is 116 Å². The zero-order valence-electron chi connectivity index (χ0n) is 11.2. The minimum Gasteiger partial charge on any atom is -0.489 e. The molecular formula is C14H17F2NO3. The Bertz CT molecular complexity index is 469. The van der Waals surface area contributed by atoms with Gasteiger partial charge in [-0.15, -0.1) is 0 Å². The van der Waals surface area contributed by atoms with E-state index in [0.29, 0.717) is 25.3 Å². The van der Waals surface area contributed by atoms with Gasteiger partial charge in [-0.3, -0.25) is 4.90 Å². The van der Waals surface area contributed by atoms with Gasteiger partial charge in [0, 0.05) is 25.7 Å². The van der Waals surface area contributed by atoms with Gasteiger partial charge in [0.1, 0.15) is 17.7 Å². The molecule has 2 atom stereocenters. The minimum absolute atomic E-state index is 0.00428. The number of alkyl halides is 1. The van der Waals surface area contributed by atoms with E-state index in [1.54, 1.807) is 17.0 Å².